The van der Waals surface area contributed by atoms with E-state index < -0.39 is 6.10 Å². The second-order valence-electron chi connectivity index (χ2n) is 3.48. The maximum absolute atomic E-state index is 9.55. The van der Waals surface area contributed by atoms with E-state index in [-0.39, 0.29) is 0 Å². The smallest absolute Gasteiger partial charge is 0.0945 e. The van der Waals surface area contributed by atoms with E-state index in [2.05, 4.69) is 12.2 Å². The molecule has 0 fully saturated rings. The molecule has 1 rings (SSSR count). The standard InChI is InChI=1S/C12H19NO2/c1-2-8-15-10-12(14)9-13-11-6-4-3-5-7-11/h3-7,12-14H,2,8-10H2,1H3. The Labute approximate surface area is 91.1 Å². The van der Waals surface area contributed by atoms with E-state index in [9.17, 15) is 5.11 Å². The minimum atomic E-state index is -0.447. The number of aliphatic hydroxyl groups is 1. The Morgan fingerprint density at radius 3 is 2.73 bits per heavy atom. The predicted octanol–water partition coefficient (Wildman–Crippen LogP) is 1.89. The molecule has 0 spiro atoms. The van der Waals surface area contributed by atoms with Crippen molar-refractivity contribution in [3.63, 3.8) is 0 Å². The van der Waals surface area contributed by atoms with Crippen LogP contribution in [0.5, 0.6) is 0 Å². The minimum absolute atomic E-state index is 0.397. The molecule has 3 nitrogen and oxygen atoms in total. The van der Waals surface area contributed by atoms with Crippen LogP contribution < -0.4 is 5.32 Å². The Morgan fingerprint density at radius 2 is 2.07 bits per heavy atom. The Morgan fingerprint density at radius 1 is 1.33 bits per heavy atom. The predicted molar refractivity (Wildman–Crippen MR) is 62.0 cm³/mol. The molecule has 0 saturated heterocycles. The van der Waals surface area contributed by atoms with Gasteiger partial charge in [0.05, 0.1) is 12.7 Å². The molecule has 0 aromatic heterocycles. The van der Waals surface area contributed by atoms with Crippen LogP contribution in [0.2, 0.25) is 0 Å². The second kappa shape index (κ2) is 7.26. The number of ether oxygens (including phenoxy) is 1. The number of rotatable bonds is 7. The fourth-order valence-corrected chi connectivity index (χ4v) is 1.21. The third-order valence-corrected chi connectivity index (χ3v) is 1.97. The zero-order valence-corrected chi connectivity index (χ0v) is 9.15. The highest BCUT2D eigenvalue weighted by atomic mass is 16.5. The molecule has 0 radical (unpaired) electrons. The van der Waals surface area contributed by atoms with Crippen LogP contribution in [0.25, 0.3) is 0 Å². The van der Waals surface area contributed by atoms with Crippen LogP contribution in [0, 0.1) is 0 Å². The fourth-order valence-electron chi connectivity index (χ4n) is 1.21. The van der Waals surface area contributed by atoms with Gasteiger partial charge < -0.3 is 15.2 Å². The van der Waals surface area contributed by atoms with Crippen LogP contribution in [0.15, 0.2) is 30.3 Å². The monoisotopic (exact) mass is 209 g/mol. The molecule has 0 saturated carbocycles. The van der Waals surface area contributed by atoms with Crippen LogP contribution in [0.1, 0.15) is 13.3 Å². The van der Waals surface area contributed by atoms with Crippen molar-refractivity contribution in [3.8, 4) is 0 Å². The SMILES string of the molecule is CCCOCC(O)CNc1ccccc1. The van der Waals surface area contributed by atoms with Crippen LogP contribution in [-0.2, 0) is 4.74 Å². The van der Waals surface area contributed by atoms with Gasteiger partial charge in [-0.3, -0.25) is 0 Å². The van der Waals surface area contributed by atoms with Gasteiger partial charge in [-0.15, -0.1) is 0 Å². The first-order valence-corrected chi connectivity index (χ1v) is 5.37. The van der Waals surface area contributed by atoms with Gasteiger partial charge in [-0.1, -0.05) is 25.1 Å². The summed E-state index contributed by atoms with van der Waals surface area (Å²) in [5.74, 6) is 0. The number of para-hydroxylation sites is 1. The van der Waals surface area contributed by atoms with Gasteiger partial charge in [0.25, 0.3) is 0 Å². The average Bonchev–Trinajstić information content (AvgIpc) is 2.28. The molecule has 2 N–H and O–H groups in total. The molecule has 1 aromatic rings. The van der Waals surface area contributed by atoms with Crippen molar-refractivity contribution in [2.24, 2.45) is 0 Å². The maximum Gasteiger partial charge on any atom is 0.0945 e. The highest BCUT2D eigenvalue weighted by Gasteiger charge is 2.02. The van der Waals surface area contributed by atoms with Gasteiger partial charge in [0.1, 0.15) is 0 Å². The van der Waals surface area contributed by atoms with Gasteiger partial charge in [-0.2, -0.15) is 0 Å². The lowest BCUT2D eigenvalue weighted by Gasteiger charge is -2.12. The number of hydrogen-bond acceptors (Lipinski definition) is 3. The van der Waals surface area contributed by atoms with Gasteiger partial charge >= 0.3 is 0 Å². The van der Waals surface area contributed by atoms with Gasteiger partial charge in [-0.05, 0) is 18.6 Å². The maximum atomic E-state index is 9.55. The zero-order valence-electron chi connectivity index (χ0n) is 9.15. The molecular formula is C12H19NO2. The van der Waals surface area contributed by atoms with Crippen molar-refractivity contribution in [1.82, 2.24) is 0 Å². The van der Waals surface area contributed by atoms with Crippen molar-refractivity contribution in [2.75, 3.05) is 25.1 Å². The number of anilines is 1. The van der Waals surface area contributed by atoms with Crippen LogP contribution in [0.4, 0.5) is 5.69 Å². The number of aliphatic hydroxyl groups excluding tert-OH is 1. The molecule has 1 aromatic carbocycles. The minimum Gasteiger partial charge on any atom is -0.389 e. The molecule has 0 amide bonds. The summed E-state index contributed by atoms with van der Waals surface area (Å²) in [5, 5.41) is 12.7. The van der Waals surface area contributed by atoms with Crippen LogP contribution >= 0.6 is 0 Å². The number of nitrogens with one attached hydrogen (secondary N) is 1. The quantitative estimate of drug-likeness (QED) is 0.674. The summed E-state index contributed by atoms with van der Waals surface area (Å²) in [7, 11) is 0. The lowest BCUT2D eigenvalue weighted by molar-refractivity contribution is 0.0437. The summed E-state index contributed by atoms with van der Waals surface area (Å²) in [4.78, 5) is 0. The largest absolute Gasteiger partial charge is 0.389 e. The Balaban J connectivity index is 2.14. The number of hydrogen-bond donors (Lipinski definition) is 2. The molecule has 0 aliphatic carbocycles. The fraction of sp³-hybridized carbons (Fsp3) is 0.500. The van der Waals surface area contributed by atoms with E-state index >= 15 is 0 Å². The van der Waals surface area contributed by atoms with Gasteiger partial charge in [0.15, 0.2) is 0 Å². The first kappa shape index (κ1) is 12.0. The van der Waals surface area contributed by atoms with Crippen molar-refractivity contribution in [3.05, 3.63) is 30.3 Å². The van der Waals surface area contributed by atoms with Crippen molar-refractivity contribution >= 4 is 5.69 Å². The van der Waals surface area contributed by atoms with E-state index in [1.165, 1.54) is 0 Å². The van der Waals surface area contributed by atoms with Crippen LogP contribution in [-0.4, -0.2) is 31.0 Å². The summed E-state index contributed by atoms with van der Waals surface area (Å²) in [6.07, 6.45) is 0.538. The van der Waals surface area contributed by atoms with Gasteiger partial charge in [0, 0.05) is 18.8 Å². The first-order valence-electron chi connectivity index (χ1n) is 5.37. The molecule has 0 bridgehead atoms. The highest BCUT2D eigenvalue weighted by Crippen LogP contribution is 2.04. The molecule has 1 atom stereocenters. The van der Waals surface area contributed by atoms with E-state index in [4.69, 9.17) is 4.74 Å². The first-order chi connectivity index (χ1) is 7.33. The average molecular weight is 209 g/mol. The molecule has 1 unspecified atom stereocenters. The van der Waals surface area contributed by atoms with E-state index in [1.54, 1.807) is 0 Å². The molecule has 0 heterocycles. The summed E-state index contributed by atoms with van der Waals surface area (Å²) >= 11 is 0. The molecule has 84 valence electrons. The molecule has 15 heavy (non-hydrogen) atoms. The Kier molecular flexibility index (Phi) is 5.81. The highest BCUT2D eigenvalue weighted by molar-refractivity contribution is 5.42. The Bertz CT molecular complexity index is 251. The summed E-state index contributed by atoms with van der Waals surface area (Å²) in [5.41, 5.74) is 1.02. The van der Waals surface area contributed by atoms with Crippen LogP contribution in [0.3, 0.4) is 0 Å². The molecule has 3 heteroatoms. The lowest BCUT2D eigenvalue weighted by Crippen LogP contribution is -2.24. The number of benzene rings is 1. The summed E-state index contributed by atoms with van der Waals surface area (Å²) in [6.45, 7) is 3.68. The summed E-state index contributed by atoms with van der Waals surface area (Å²) < 4.78 is 5.24. The molecule has 0 aliphatic rings. The zero-order chi connectivity index (χ0) is 10.9. The summed E-state index contributed by atoms with van der Waals surface area (Å²) in [6, 6.07) is 9.83. The third kappa shape index (κ3) is 5.40. The van der Waals surface area contributed by atoms with Gasteiger partial charge in [0.2, 0.25) is 0 Å². The molecule has 0 aliphatic heterocycles. The topological polar surface area (TPSA) is 41.5 Å². The Hall–Kier alpha value is -1.06. The second-order valence-corrected chi connectivity index (χ2v) is 3.48. The third-order valence-electron chi connectivity index (χ3n) is 1.97. The van der Waals surface area contributed by atoms with Crippen molar-refractivity contribution in [2.45, 2.75) is 19.4 Å². The van der Waals surface area contributed by atoms with E-state index in [0.717, 1.165) is 12.1 Å². The molecular weight excluding hydrogens is 190 g/mol. The normalized spacial score (nSPS) is 12.4. The lowest BCUT2D eigenvalue weighted by atomic mass is 10.3. The van der Waals surface area contributed by atoms with Crippen molar-refractivity contribution < 1.29 is 9.84 Å². The van der Waals surface area contributed by atoms with Crippen molar-refractivity contribution in [1.29, 1.82) is 0 Å². The van der Waals surface area contributed by atoms with Gasteiger partial charge in [-0.25, -0.2) is 0 Å². The van der Waals surface area contributed by atoms with E-state index in [0.29, 0.717) is 19.8 Å². The van der Waals surface area contributed by atoms with E-state index in [1.807, 2.05) is 30.3 Å².